The maximum atomic E-state index is 13.7. The summed E-state index contributed by atoms with van der Waals surface area (Å²) in [4.78, 5) is 91.8. The molecule has 0 radical (unpaired) electrons. The van der Waals surface area contributed by atoms with Crippen LogP contribution >= 0.6 is 0 Å². The van der Waals surface area contributed by atoms with Gasteiger partial charge >= 0.3 is 0 Å². The van der Waals surface area contributed by atoms with Crippen LogP contribution in [0.3, 0.4) is 0 Å². The van der Waals surface area contributed by atoms with E-state index in [9.17, 15) is 48.9 Å². The van der Waals surface area contributed by atoms with Gasteiger partial charge in [0.1, 0.15) is 30.0 Å². The van der Waals surface area contributed by atoms with E-state index >= 15 is 0 Å². The summed E-state index contributed by atoms with van der Waals surface area (Å²) in [6.45, 7) is 4.79. The van der Waals surface area contributed by atoms with Gasteiger partial charge in [-0.15, -0.1) is 0 Å². The quantitative estimate of drug-likeness (QED) is 0.149. The zero-order valence-electron chi connectivity index (χ0n) is 26.9. The minimum Gasteiger partial charge on any atom is -0.507 e. The molecule has 6 amide bonds. The summed E-state index contributed by atoms with van der Waals surface area (Å²) in [5, 5.41) is 46.0. The molecule has 2 aliphatic rings. The number of aliphatic hydroxyl groups is 2. The Morgan fingerprint density at radius 2 is 1.80 bits per heavy atom. The summed E-state index contributed by atoms with van der Waals surface area (Å²) >= 11 is 0. The first-order chi connectivity index (χ1) is 23.1. The van der Waals surface area contributed by atoms with E-state index in [1.165, 1.54) is 49.4 Å². The Morgan fingerprint density at radius 3 is 2.45 bits per heavy atom. The lowest BCUT2D eigenvalue weighted by molar-refractivity contribution is -0.155. The van der Waals surface area contributed by atoms with E-state index in [4.69, 9.17) is 5.73 Å². The van der Waals surface area contributed by atoms with Gasteiger partial charge in [-0.05, 0) is 37.2 Å². The molecule has 260 valence electrons. The average molecular weight is 679 g/mol. The summed E-state index contributed by atoms with van der Waals surface area (Å²) < 4.78 is 0. The molecule has 0 unspecified atom stereocenters. The summed E-state index contributed by atoms with van der Waals surface area (Å²) in [6, 6.07) is 3.02. The third-order valence-corrected chi connectivity index (χ3v) is 8.51. The monoisotopic (exact) mass is 678 g/mol. The first kappa shape index (κ1) is 36.2. The van der Waals surface area contributed by atoms with Crippen LogP contribution in [0.2, 0.25) is 0 Å². The third kappa shape index (κ3) is 7.29. The molecular weight excluding hydrogens is 640 g/mol. The fraction of sp³-hybridized carbons (Fsp3) is 0.364. The largest absolute Gasteiger partial charge is 0.507 e. The van der Waals surface area contributed by atoms with Gasteiger partial charge in [0.05, 0.1) is 12.1 Å². The van der Waals surface area contributed by atoms with Gasteiger partial charge in [0.25, 0.3) is 11.8 Å². The number of primary amides is 1. The van der Waals surface area contributed by atoms with Crippen molar-refractivity contribution < 1.29 is 48.9 Å². The van der Waals surface area contributed by atoms with Gasteiger partial charge in [-0.25, -0.2) is 0 Å². The number of nitrogens with two attached hydrogens (primary N) is 1. The number of benzene rings is 2. The highest BCUT2D eigenvalue weighted by atomic mass is 16.4. The number of nitrogens with one attached hydrogen (secondary N) is 5. The summed E-state index contributed by atoms with van der Waals surface area (Å²) in [5.41, 5.74) is 2.95. The Bertz CT molecular complexity index is 1740. The van der Waals surface area contributed by atoms with Crippen LogP contribution < -0.4 is 32.3 Å². The number of phenolic OH excluding ortho intramolecular Hbond substituents is 1. The van der Waals surface area contributed by atoms with Gasteiger partial charge in [-0.2, -0.15) is 0 Å². The van der Waals surface area contributed by atoms with Crippen LogP contribution in [0.15, 0.2) is 48.7 Å². The van der Waals surface area contributed by atoms with E-state index in [1.807, 2.05) is 0 Å². The number of para-hydroxylation sites is 1. The number of carbonyl (C=O) groups is 7. The fourth-order valence-electron chi connectivity index (χ4n) is 5.58. The van der Waals surface area contributed by atoms with Gasteiger partial charge in [-0.3, -0.25) is 33.6 Å². The molecule has 2 heterocycles. The van der Waals surface area contributed by atoms with Crippen LogP contribution in [0.4, 0.5) is 5.69 Å². The van der Waals surface area contributed by atoms with Gasteiger partial charge in [0.2, 0.25) is 29.4 Å². The molecule has 0 aromatic heterocycles. The van der Waals surface area contributed by atoms with Crippen molar-refractivity contribution in [2.45, 2.75) is 69.9 Å². The second-order valence-corrected chi connectivity index (χ2v) is 11.9. The van der Waals surface area contributed by atoms with Crippen LogP contribution in [0.5, 0.6) is 5.75 Å². The van der Waals surface area contributed by atoms with E-state index in [2.05, 4.69) is 26.6 Å². The zero-order chi connectivity index (χ0) is 36.2. The summed E-state index contributed by atoms with van der Waals surface area (Å²) in [6.07, 6.45) is -0.553. The third-order valence-electron chi connectivity index (χ3n) is 8.51. The van der Waals surface area contributed by atoms with Crippen LogP contribution in [-0.2, 0) is 45.6 Å². The molecule has 0 spiro atoms. The normalized spacial score (nSPS) is 24.3. The lowest BCUT2D eigenvalue weighted by atomic mass is 9.83. The number of aliphatic hydroxyl groups excluding tert-OH is 1. The van der Waals surface area contributed by atoms with Crippen molar-refractivity contribution in [2.24, 2.45) is 11.7 Å². The summed E-state index contributed by atoms with van der Waals surface area (Å²) in [5.74, 6) is -8.38. The molecule has 10 N–H and O–H groups in total. The predicted molar refractivity (Wildman–Crippen MR) is 173 cm³/mol. The Kier molecular flexibility index (Phi) is 10.8. The first-order valence-electron chi connectivity index (χ1n) is 15.5. The number of aromatic hydroxyl groups is 1. The van der Waals surface area contributed by atoms with Crippen LogP contribution in [0.1, 0.15) is 44.7 Å². The van der Waals surface area contributed by atoms with Gasteiger partial charge in [0, 0.05) is 29.0 Å². The van der Waals surface area contributed by atoms with Crippen LogP contribution in [0, 0.1) is 5.92 Å². The second-order valence-electron chi connectivity index (χ2n) is 11.9. The highest BCUT2D eigenvalue weighted by Gasteiger charge is 2.56. The number of Topliss-reactive ketones (excluding diaryl/α,β-unsaturated/α-hetero) is 1. The van der Waals surface area contributed by atoms with Crippen molar-refractivity contribution in [3.8, 4) is 16.9 Å². The number of hydrogen-bond acceptors (Lipinski definition) is 10. The van der Waals surface area contributed by atoms with Crippen molar-refractivity contribution in [3.63, 3.8) is 0 Å². The summed E-state index contributed by atoms with van der Waals surface area (Å²) in [7, 11) is 0. The molecule has 0 saturated carbocycles. The van der Waals surface area contributed by atoms with E-state index in [0.717, 1.165) is 6.20 Å². The van der Waals surface area contributed by atoms with E-state index in [-0.39, 0.29) is 34.5 Å². The Balaban J connectivity index is 1.93. The van der Waals surface area contributed by atoms with Gasteiger partial charge in [0.15, 0.2) is 5.60 Å². The SMILES string of the molecule is CC=CNC(=O)[C@@H]1NC(=O)[C@H](CC(N)=O)NC(=O)[C@@H](NC(=O)C(=O)[C@H](C)CC)Cc2ccc(O)c(c2)-c2cccc3c2NC(=O)[C@]3(O)[C@@H]1O. The Hall–Kier alpha value is -5.61. The smallest absolute Gasteiger partial charge is 0.288 e. The van der Waals surface area contributed by atoms with E-state index < -0.39 is 83.4 Å². The first-order valence-corrected chi connectivity index (χ1v) is 15.5. The molecule has 2 aliphatic heterocycles. The number of anilines is 1. The number of amides is 6. The molecule has 6 atom stereocenters. The second kappa shape index (κ2) is 14.7. The molecule has 0 saturated heterocycles. The number of allylic oxidation sites excluding steroid dienone is 1. The van der Waals surface area contributed by atoms with Gasteiger partial charge < -0.3 is 47.6 Å². The van der Waals surface area contributed by atoms with Crippen molar-refractivity contribution in [1.29, 1.82) is 0 Å². The van der Waals surface area contributed by atoms with Gasteiger partial charge in [-0.1, -0.05) is 44.2 Å². The van der Waals surface area contributed by atoms with Crippen molar-refractivity contribution >= 4 is 46.9 Å². The van der Waals surface area contributed by atoms with Crippen LogP contribution in [0.25, 0.3) is 11.1 Å². The van der Waals surface area contributed by atoms with E-state index in [0.29, 0.717) is 12.0 Å². The minimum atomic E-state index is -2.83. The number of hydrogen-bond donors (Lipinski definition) is 9. The average Bonchev–Trinajstić information content (AvgIpc) is 3.34. The minimum absolute atomic E-state index is 0.0270. The standard InChI is InChI=1S/C33H38N6O10/c1-4-11-35-30(46)25-27(43)33(49)19-8-6-7-17(24(19)39-32(33)48)18-12-16(9-10-22(18)40)13-20(37-31(47)26(42)15(3)5-2)28(44)36-21(14-23(34)41)29(45)38-25/h4,6-12,15,20-21,25,27,40,43,49H,5,13-14H2,1-3H3,(H2,34,41)(H,35,46)(H,36,44)(H,37,47)(H,38,45)(H,39,48)/t15-,20+,21+,25-,27-,33-/m1/s1. The Labute approximate surface area is 280 Å². The molecule has 16 heteroatoms. The topological polar surface area (TPSA) is 266 Å². The number of rotatable bonds is 8. The fourth-order valence-corrected chi connectivity index (χ4v) is 5.58. The maximum absolute atomic E-state index is 13.7. The molecule has 0 aliphatic carbocycles. The maximum Gasteiger partial charge on any atom is 0.288 e. The molecule has 49 heavy (non-hydrogen) atoms. The van der Waals surface area contributed by atoms with Crippen LogP contribution in [-0.4, -0.2) is 80.8 Å². The Morgan fingerprint density at radius 1 is 1.08 bits per heavy atom. The highest BCUT2D eigenvalue weighted by Crippen LogP contribution is 2.46. The number of ketones is 1. The van der Waals surface area contributed by atoms with Crippen molar-refractivity contribution in [2.75, 3.05) is 5.32 Å². The molecule has 0 fully saturated rings. The highest BCUT2D eigenvalue weighted by molar-refractivity contribution is 6.37. The number of fused-ring (bicyclic) bond motifs is 3. The molecule has 2 aromatic rings. The van der Waals surface area contributed by atoms with Crippen molar-refractivity contribution in [1.82, 2.24) is 21.3 Å². The molecule has 6 bridgehead atoms. The van der Waals surface area contributed by atoms with Crippen molar-refractivity contribution in [3.05, 3.63) is 59.8 Å². The lowest BCUT2D eigenvalue weighted by Gasteiger charge is -2.33. The van der Waals surface area contributed by atoms with E-state index in [1.54, 1.807) is 13.8 Å². The molecule has 4 rings (SSSR count). The molecule has 16 nitrogen and oxygen atoms in total. The predicted octanol–water partition coefficient (Wildman–Crippen LogP) is -1.29. The lowest BCUT2D eigenvalue weighted by Crippen LogP contribution is -2.64. The molecule has 2 aromatic carbocycles. The molecular formula is C33H38N6O10. The zero-order valence-corrected chi connectivity index (χ0v) is 26.9. The number of phenols is 1. The number of carbonyl (C=O) groups excluding carboxylic acids is 7.